The van der Waals surface area contributed by atoms with Crippen molar-refractivity contribution in [3.63, 3.8) is 0 Å². The first-order valence-electron chi connectivity index (χ1n) is 6.23. The highest BCUT2D eigenvalue weighted by atomic mass is 79.9. The van der Waals surface area contributed by atoms with Crippen molar-refractivity contribution in [3.8, 4) is 11.5 Å². The zero-order valence-corrected chi connectivity index (χ0v) is 12.3. The first-order chi connectivity index (χ1) is 9.28. The summed E-state index contributed by atoms with van der Waals surface area (Å²) in [5, 5.41) is 0. The number of nitrogens with zero attached hydrogens (tertiary/aromatic N) is 1. The Hall–Kier alpha value is -1.55. The largest absolute Gasteiger partial charge is 0.490 e. The lowest BCUT2D eigenvalue weighted by Gasteiger charge is -2.18. The van der Waals surface area contributed by atoms with E-state index in [1.165, 1.54) is 0 Å². The number of benzene rings is 1. The summed E-state index contributed by atoms with van der Waals surface area (Å²) in [5.74, 6) is 1.62. The van der Waals surface area contributed by atoms with Crippen molar-refractivity contribution >= 4 is 15.9 Å². The Morgan fingerprint density at radius 1 is 1.16 bits per heavy atom. The number of pyridine rings is 1. The molecule has 1 heterocycles. The third kappa shape index (κ3) is 4.56. The molecule has 0 aliphatic heterocycles. The van der Waals surface area contributed by atoms with Crippen molar-refractivity contribution in [2.24, 2.45) is 0 Å². The Bertz CT molecular complexity index is 487. The van der Waals surface area contributed by atoms with E-state index in [4.69, 9.17) is 9.47 Å². The van der Waals surface area contributed by atoms with E-state index >= 15 is 0 Å². The van der Waals surface area contributed by atoms with Crippen molar-refractivity contribution < 1.29 is 9.47 Å². The Labute approximate surface area is 121 Å². The van der Waals surface area contributed by atoms with Crippen LogP contribution in [0.1, 0.15) is 13.3 Å². The summed E-state index contributed by atoms with van der Waals surface area (Å²) < 4.78 is 12.6. The number of ether oxygens (including phenoxy) is 2. The van der Waals surface area contributed by atoms with Gasteiger partial charge in [0.25, 0.3) is 0 Å². The topological polar surface area (TPSA) is 31.4 Å². The lowest BCUT2D eigenvalue weighted by Crippen LogP contribution is -2.24. The lowest BCUT2D eigenvalue weighted by molar-refractivity contribution is 0.125. The molecule has 0 unspecified atom stereocenters. The van der Waals surface area contributed by atoms with Crippen LogP contribution in [0.5, 0.6) is 11.5 Å². The van der Waals surface area contributed by atoms with Crippen molar-refractivity contribution in [1.29, 1.82) is 0 Å². The van der Waals surface area contributed by atoms with Crippen molar-refractivity contribution in [2.45, 2.75) is 19.4 Å². The second-order valence-corrected chi connectivity index (χ2v) is 5.02. The fourth-order valence-electron chi connectivity index (χ4n) is 1.56. The number of rotatable bonds is 6. The van der Waals surface area contributed by atoms with Gasteiger partial charge in [-0.3, -0.25) is 4.98 Å². The molecule has 0 amide bonds. The Morgan fingerprint density at radius 3 is 2.58 bits per heavy atom. The molecule has 0 aliphatic carbocycles. The molecule has 4 heteroatoms. The van der Waals surface area contributed by atoms with Gasteiger partial charge >= 0.3 is 0 Å². The van der Waals surface area contributed by atoms with Gasteiger partial charge in [-0.2, -0.15) is 0 Å². The van der Waals surface area contributed by atoms with Gasteiger partial charge in [0.1, 0.15) is 24.2 Å². The molecular formula is C15H16BrNO2. The summed E-state index contributed by atoms with van der Waals surface area (Å²) in [6.45, 7) is 2.60. The molecule has 0 spiro atoms. The van der Waals surface area contributed by atoms with Gasteiger partial charge in [0.05, 0.1) is 6.20 Å². The minimum Gasteiger partial charge on any atom is -0.490 e. The molecule has 1 aromatic carbocycles. The molecule has 0 bridgehead atoms. The lowest BCUT2D eigenvalue weighted by atomic mass is 10.3. The SMILES string of the molecule is CC[C@H](COc1ccc(Br)cc1)Oc1cccnc1. The van der Waals surface area contributed by atoms with E-state index < -0.39 is 0 Å². The fourth-order valence-corrected chi connectivity index (χ4v) is 1.83. The summed E-state index contributed by atoms with van der Waals surface area (Å²) in [6.07, 6.45) is 4.34. The van der Waals surface area contributed by atoms with Crippen molar-refractivity contribution in [2.75, 3.05) is 6.61 Å². The Kier molecular flexibility index (Phi) is 5.21. The molecule has 0 radical (unpaired) electrons. The van der Waals surface area contributed by atoms with Crippen LogP contribution in [0, 0.1) is 0 Å². The highest BCUT2D eigenvalue weighted by molar-refractivity contribution is 9.10. The molecule has 0 aliphatic rings. The minimum atomic E-state index is 0.0212. The van der Waals surface area contributed by atoms with Crippen LogP contribution in [0.2, 0.25) is 0 Å². The van der Waals surface area contributed by atoms with E-state index in [1.54, 1.807) is 12.4 Å². The van der Waals surface area contributed by atoms with E-state index in [1.807, 2.05) is 36.4 Å². The van der Waals surface area contributed by atoms with Crippen LogP contribution in [0.3, 0.4) is 0 Å². The quantitative estimate of drug-likeness (QED) is 0.803. The molecule has 1 aromatic heterocycles. The monoisotopic (exact) mass is 321 g/mol. The second kappa shape index (κ2) is 7.14. The summed E-state index contributed by atoms with van der Waals surface area (Å²) in [7, 11) is 0. The van der Waals surface area contributed by atoms with Crippen LogP contribution in [0.4, 0.5) is 0 Å². The third-order valence-electron chi connectivity index (χ3n) is 2.64. The summed E-state index contributed by atoms with van der Waals surface area (Å²) in [6, 6.07) is 11.5. The first kappa shape index (κ1) is 13.9. The zero-order valence-electron chi connectivity index (χ0n) is 10.8. The maximum absolute atomic E-state index is 5.81. The number of halogens is 1. The van der Waals surface area contributed by atoms with Crippen LogP contribution in [0.25, 0.3) is 0 Å². The van der Waals surface area contributed by atoms with Crippen LogP contribution in [0.15, 0.2) is 53.3 Å². The molecule has 1 atom stereocenters. The molecular weight excluding hydrogens is 306 g/mol. The molecule has 3 nitrogen and oxygen atoms in total. The van der Waals surface area contributed by atoms with Crippen molar-refractivity contribution in [3.05, 3.63) is 53.3 Å². The predicted molar refractivity (Wildman–Crippen MR) is 78.6 cm³/mol. The van der Waals surface area contributed by atoms with Gasteiger partial charge in [-0.15, -0.1) is 0 Å². The van der Waals surface area contributed by atoms with E-state index in [-0.39, 0.29) is 6.10 Å². The van der Waals surface area contributed by atoms with Gasteiger partial charge in [0, 0.05) is 10.7 Å². The van der Waals surface area contributed by atoms with Gasteiger partial charge < -0.3 is 9.47 Å². The maximum atomic E-state index is 5.81. The van der Waals surface area contributed by atoms with Crippen LogP contribution < -0.4 is 9.47 Å². The molecule has 2 aromatic rings. The van der Waals surface area contributed by atoms with Gasteiger partial charge in [-0.1, -0.05) is 22.9 Å². The van der Waals surface area contributed by atoms with Gasteiger partial charge in [-0.05, 0) is 42.8 Å². The standard InChI is InChI=1S/C15H16BrNO2/c1-2-13(19-15-4-3-9-17-10-15)11-18-14-7-5-12(16)6-8-14/h3-10,13H,2,11H2,1H3/t13-/m1/s1. The summed E-state index contributed by atoms with van der Waals surface area (Å²) in [5.41, 5.74) is 0. The average molecular weight is 322 g/mol. The van der Waals surface area contributed by atoms with E-state index in [2.05, 4.69) is 27.8 Å². The molecule has 2 rings (SSSR count). The van der Waals surface area contributed by atoms with Crippen LogP contribution in [-0.2, 0) is 0 Å². The summed E-state index contributed by atoms with van der Waals surface area (Å²) in [4.78, 5) is 4.03. The zero-order chi connectivity index (χ0) is 13.5. The molecule has 100 valence electrons. The van der Waals surface area contributed by atoms with Gasteiger partial charge in [0.15, 0.2) is 0 Å². The molecule has 0 N–H and O–H groups in total. The molecule has 0 saturated heterocycles. The average Bonchev–Trinajstić information content (AvgIpc) is 2.46. The molecule has 0 saturated carbocycles. The van der Waals surface area contributed by atoms with E-state index in [0.29, 0.717) is 6.61 Å². The van der Waals surface area contributed by atoms with Crippen LogP contribution in [-0.4, -0.2) is 17.7 Å². The van der Waals surface area contributed by atoms with Gasteiger partial charge in [0.2, 0.25) is 0 Å². The number of hydrogen-bond donors (Lipinski definition) is 0. The van der Waals surface area contributed by atoms with Crippen molar-refractivity contribution in [1.82, 2.24) is 4.98 Å². The number of aromatic nitrogens is 1. The fraction of sp³-hybridized carbons (Fsp3) is 0.267. The third-order valence-corrected chi connectivity index (χ3v) is 3.17. The van der Waals surface area contributed by atoms with Gasteiger partial charge in [-0.25, -0.2) is 0 Å². The Morgan fingerprint density at radius 2 is 1.95 bits per heavy atom. The minimum absolute atomic E-state index is 0.0212. The number of hydrogen-bond acceptors (Lipinski definition) is 3. The molecule has 0 fully saturated rings. The Balaban J connectivity index is 1.87. The predicted octanol–water partition coefficient (Wildman–Crippen LogP) is 4.08. The first-order valence-corrected chi connectivity index (χ1v) is 7.02. The van der Waals surface area contributed by atoms with E-state index in [0.717, 1.165) is 22.4 Å². The highest BCUT2D eigenvalue weighted by Crippen LogP contribution is 2.17. The summed E-state index contributed by atoms with van der Waals surface area (Å²) >= 11 is 3.40. The molecule has 19 heavy (non-hydrogen) atoms. The smallest absolute Gasteiger partial charge is 0.138 e. The van der Waals surface area contributed by atoms with Crippen LogP contribution >= 0.6 is 15.9 Å². The van der Waals surface area contributed by atoms with E-state index in [9.17, 15) is 0 Å². The second-order valence-electron chi connectivity index (χ2n) is 4.10. The maximum Gasteiger partial charge on any atom is 0.138 e. The normalized spacial score (nSPS) is 11.9. The highest BCUT2D eigenvalue weighted by Gasteiger charge is 2.09.